The summed E-state index contributed by atoms with van der Waals surface area (Å²) in [5.74, 6) is 0.288. The lowest BCUT2D eigenvalue weighted by Gasteiger charge is -2.26. The van der Waals surface area contributed by atoms with Crippen molar-refractivity contribution in [2.24, 2.45) is 4.99 Å². The topological polar surface area (TPSA) is 84.1 Å². The highest BCUT2D eigenvalue weighted by atomic mass is 32.1. The third kappa shape index (κ3) is 5.34. The summed E-state index contributed by atoms with van der Waals surface area (Å²) in [5.41, 5.74) is 5.63. The molecule has 0 saturated carbocycles. The number of hydrogen-bond acceptors (Lipinski definition) is 7. The van der Waals surface area contributed by atoms with Crippen LogP contribution in [0.4, 0.5) is 4.39 Å². The van der Waals surface area contributed by atoms with Crippen LogP contribution in [-0.2, 0) is 16.1 Å². The average Bonchev–Trinajstić information content (AvgIpc) is 3.80. The van der Waals surface area contributed by atoms with Gasteiger partial charge in [-0.05, 0) is 61.4 Å². The predicted octanol–water partition coefficient (Wildman–Crippen LogP) is 6.11. The van der Waals surface area contributed by atoms with Gasteiger partial charge in [-0.2, -0.15) is 0 Å². The van der Waals surface area contributed by atoms with Gasteiger partial charge in [-0.3, -0.25) is 9.36 Å². The van der Waals surface area contributed by atoms with E-state index in [1.807, 2.05) is 79.7 Å². The van der Waals surface area contributed by atoms with E-state index < -0.39 is 12.0 Å². The Morgan fingerprint density at radius 1 is 1.00 bits per heavy atom. The first-order valence-corrected chi connectivity index (χ1v) is 16.7. The Morgan fingerprint density at radius 2 is 1.76 bits per heavy atom. The van der Waals surface area contributed by atoms with E-state index in [-0.39, 0.29) is 30.3 Å². The zero-order valence-corrected chi connectivity index (χ0v) is 27.5. The first-order chi connectivity index (χ1) is 23.9. The smallest absolute Gasteiger partial charge is 0.338 e. The van der Waals surface area contributed by atoms with Gasteiger partial charge in [0.05, 0.1) is 28.5 Å². The summed E-state index contributed by atoms with van der Waals surface area (Å²) in [6.45, 7) is 4.55. The SMILES string of the molecule is CCOC(=O)C1=C(c2ccccc2)N=c2s/c(=C\c3c(C)n(Cc4ccc(F)cc4)c4ccccc34)c(=O)n2[C@@H]1c1ccc2c(c1)OCO2. The van der Waals surface area contributed by atoms with Gasteiger partial charge in [0.1, 0.15) is 5.82 Å². The summed E-state index contributed by atoms with van der Waals surface area (Å²) in [7, 11) is 0. The Hall–Kier alpha value is -5.74. The van der Waals surface area contributed by atoms with Crippen LogP contribution in [0, 0.1) is 12.7 Å². The lowest BCUT2D eigenvalue weighted by atomic mass is 9.93. The normalized spacial score (nSPS) is 15.4. The molecule has 244 valence electrons. The van der Waals surface area contributed by atoms with Gasteiger partial charge in [-0.1, -0.05) is 78.1 Å². The van der Waals surface area contributed by atoms with Crippen molar-refractivity contribution < 1.29 is 23.4 Å². The number of halogens is 1. The van der Waals surface area contributed by atoms with Crippen molar-refractivity contribution in [2.75, 3.05) is 13.4 Å². The standard InChI is InChI=1S/C39H30FN3O5S/c1-3-46-38(45)34-35(25-9-5-4-6-10-25)41-39-43(36(34)26-15-18-31-32(19-26)48-22-47-31)37(44)33(49-39)20-29-23(2)42(30-12-8-7-11-28(29)30)21-24-13-16-27(40)17-14-24/h4-20,36H,3,21-22H2,1-2H3/b33-20-/t36-/m1/s1. The van der Waals surface area contributed by atoms with E-state index in [0.29, 0.717) is 38.6 Å². The number of fused-ring (bicyclic) bond motifs is 3. The molecule has 0 saturated heterocycles. The number of ether oxygens (including phenoxy) is 3. The second-order valence-electron chi connectivity index (χ2n) is 11.8. The van der Waals surface area contributed by atoms with Gasteiger partial charge in [-0.25, -0.2) is 14.2 Å². The molecule has 0 unspecified atom stereocenters. The fourth-order valence-corrected chi connectivity index (χ4v) is 7.57. The minimum atomic E-state index is -0.844. The maximum Gasteiger partial charge on any atom is 0.338 e. The van der Waals surface area contributed by atoms with Crippen LogP contribution in [0.25, 0.3) is 22.7 Å². The molecule has 0 radical (unpaired) electrons. The van der Waals surface area contributed by atoms with Crippen LogP contribution in [0.1, 0.15) is 40.9 Å². The molecule has 1 atom stereocenters. The van der Waals surface area contributed by atoms with Crippen LogP contribution in [0.5, 0.6) is 11.5 Å². The quantitative estimate of drug-likeness (QED) is 0.191. The number of rotatable bonds is 7. The Balaban J connectivity index is 1.36. The van der Waals surface area contributed by atoms with Crippen molar-refractivity contribution in [3.05, 3.63) is 156 Å². The molecule has 6 aromatic rings. The molecule has 2 aliphatic heterocycles. The third-order valence-electron chi connectivity index (χ3n) is 8.90. The molecule has 0 amide bonds. The lowest BCUT2D eigenvalue weighted by molar-refractivity contribution is -0.138. The molecular weight excluding hydrogens is 642 g/mol. The number of para-hydroxylation sites is 1. The zero-order valence-electron chi connectivity index (χ0n) is 26.7. The van der Waals surface area contributed by atoms with E-state index in [4.69, 9.17) is 19.2 Å². The van der Waals surface area contributed by atoms with E-state index >= 15 is 0 Å². The van der Waals surface area contributed by atoms with Crippen LogP contribution in [-0.4, -0.2) is 28.5 Å². The molecule has 4 aromatic carbocycles. The number of esters is 1. The van der Waals surface area contributed by atoms with Gasteiger partial charge in [0.2, 0.25) is 6.79 Å². The van der Waals surface area contributed by atoms with E-state index in [1.54, 1.807) is 29.7 Å². The molecule has 0 spiro atoms. The Bertz CT molecular complexity index is 2480. The maximum absolute atomic E-state index is 14.6. The number of carbonyl (C=O) groups excluding carboxylic acids is 1. The zero-order chi connectivity index (χ0) is 33.6. The molecule has 8 rings (SSSR count). The Kier molecular flexibility index (Phi) is 7.72. The summed E-state index contributed by atoms with van der Waals surface area (Å²) < 4.78 is 34.8. The summed E-state index contributed by atoms with van der Waals surface area (Å²) in [6, 6.07) is 28.6. The van der Waals surface area contributed by atoms with E-state index in [0.717, 1.165) is 33.3 Å². The van der Waals surface area contributed by atoms with Crippen molar-refractivity contribution >= 4 is 40.0 Å². The van der Waals surface area contributed by atoms with Gasteiger partial charge in [-0.15, -0.1) is 0 Å². The maximum atomic E-state index is 14.6. The minimum Gasteiger partial charge on any atom is -0.463 e. The summed E-state index contributed by atoms with van der Waals surface area (Å²) in [5, 5.41) is 0.984. The fourth-order valence-electron chi connectivity index (χ4n) is 6.59. The first-order valence-electron chi connectivity index (χ1n) is 15.9. The monoisotopic (exact) mass is 671 g/mol. The molecule has 2 aromatic heterocycles. The Labute approximate surface area is 284 Å². The highest BCUT2D eigenvalue weighted by Gasteiger charge is 2.36. The van der Waals surface area contributed by atoms with Crippen molar-refractivity contribution in [1.82, 2.24) is 9.13 Å². The number of benzene rings is 4. The first kappa shape index (κ1) is 30.6. The number of thiazole rings is 1. The van der Waals surface area contributed by atoms with E-state index in [9.17, 15) is 14.0 Å². The molecule has 0 N–H and O–H groups in total. The molecular formula is C39H30FN3O5S. The van der Waals surface area contributed by atoms with Crippen LogP contribution in [0.3, 0.4) is 0 Å². The number of carbonyl (C=O) groups is 1. The summed E-state index contributed by atoms with van der Waals surface area (Å²) in [6.07, 6.45) is 1.91. The molecule has 10 heteroatoms. The number of hydrogen-bond donors (Lipinski definition) is 0. The van der Waals surface area contributed by atoms with Crippen LogP contribution in [0.2, 0.25) is 0 Å². The largest absolute Gasteiger partial charge is 0.463 e. The van der Waals surface area contributed by atoms with Crippen molar-refractivity contribution in [3.8, 4) is 11.5 Å². The van der Waals surface area contributed by atoms with Crippen LogP contribution < -0.4 is 24.4 Å². The molecule has 4 heterocycles. The third-order valence-corrected chi connectivity index (χ3v) is 9.88. The minimum absolute atomic E-state index is 0.0888. The van der Waals surface area contributed by atoms with Crippen molar-refractivity contribution in [2.45, 2.75) is 26.4 Å². The predicted molar refractivity (Wildman–Crippen MR) is 186 cm³/mol. The summed E-state index contributed by atoms with van der Waals surface area (Å²) >= 11 is 1.27. The van der Waals surface area contributed by atoms with Gasteiger partial charge in [0, 0.05) is 34.3 Å². The summed E-state index contributed by atoms with van der Waals surface area (Å²) in [4.78, 5) is 33.9. The Morgan fingerprint density at radius 3 is 2.55 bits per heavy atom. The molecule has 0 bridgehead atoms. The fraction of sp³-hybridized carbons (Fsp3) is 0.154. The second kappa shape index (κ2) is 12.4. The van der Waals surface area contributed by atoms with Crippen molar-refractivity contribution in [3.63, 3.8) is 0 Å². The van der Waals surface area contributed by atoms with Gasteiger partial charge in [0.15, 0.2) is 16.3 Å². The molecule has 2 aliphatic rings. The highest BCUT2D eigenvalue weighted by molar-refractivity contribution is 7.07. The number of nitrogens with zero attached hydrogens (tertiary/aromatic N) is 3. The van der Waals surface area contributed by atoms with Gasteiger partial charge in [0.25, 0.3) is 5.56 Å². The van der Waals surface area contributed by atoms with Crippen LogP contribution >= 0.6 is 11.3 Å². The molecule has 0 aliphatic carbocycles. The molecule has 8 nitrogen and oxygen atoms in total. The second-order valence-corrected chi connectivity index (χ2v) is 12.8. The highest BCUT2D eigenvalue weighted by Crippen LogP contribution is 2.40. The number of aromatic nitrogens is 2. The van der Waals surface area contributed by atoms with Crippen molar-refractivity contribution in [1.29, 1.82) is 0 Å². The molecule has 49 heavy (non-hydrogen) atoms. The van der Waals surface area contributed by atoms with E-state index in [1.165, 1.54) is 23.5 Å². The molecule has 0 fully saturated rings. The van der Waals surface area contributed by atoms with E-state index in [2.05, 4.69) is 4.57 Å². The lowest BCUT2D eigenvalue weighted by Crippen LogP contribution is -2.40. The van der Waals surface area contributed by atoms with Gasteiger partial charge < -0.3 is 18.8 Å². The average molecular weight is 672 g/mol. The van der Waals surface area contributed by atoms with Crippen LogP contribution in [0.15, 0.2) is 112 Å². The van der Waals surface area contributed by atoms with Gasteiger partial charge >= 0.3 is 5.97 Å².